The molecule has 0 saturated heterocycles. The lowest BCUT2D eigenvalue weighted by atomic mass is 10.2. The SMILES string of the molecule is Cc1nccn1C(C)CC(=O)NCc1cccnc1-n1cnc2ccccc21. The molecule has 7 heteroatoms. The van der Waals surface area contributed by atoms with E-state index in [9.17, 15) is 4.79 Å². The maximum atomic E-state index is 12.5. The van der Waals surface area contributed by atoms with E-state index >= 15 is 0 Å². The number of imidazole rings is 2. The summed E-state index contributed by atoms with van der Waals surface area (Å²) >= 11 is 0. The van der Waals surface area contributed by atoms with Gasteiger partial charge in [0.15, 0.2) is 0 Å². The summed E-state index contributed by atoms with van der Waals surface area (Å²) in [4.78, 5) is 25.6. The molecular weight excluding hydrogens is 352 g/mol. The number of carbonyl (C=O) groups is 1. The quantitative estimate of drug-likeness (QED) is 0.562. The lowest BCUT2D eigenvalue weighted by Crippen LogP contribution is -2.26. The first-order valence-electron chi connectivity index (χ1n) is 9.26. The summed E-state index contributed by atoms with van der Waals surface area (Å²) < 4.78 is 3.96. The highest BCUT2D eigenvalue weighted by Crippen LogP contribution is 2.19. The predicted molar refractivity (Wildman–Crippen MR) is 107 cm³/mol. The third kappa shape index (κ3) is 3.51. The first kappa shape index (κ1) is 17.9. The molecule has 0 bridgehead atoms. The van der Waals surface area contributed by atoms with Crippen molar-refractivity contribution in [3.05, 3.63) is 72.7 Å². The van der Waals surface area contributed by atoms with Gasteiger partial charge in [-0.15, -0.1) is 0 Å². The zero-order chi connectivity index (χ0) is 19.5. The Kier molecular flexibility index (Phi) is 4.89. The third-order valence-corrected chi connectivity index (χ3v) is 4.84. The second-order valence-corrected chi connectivity index (χ2v) is 6.80. The molecule has 0 spiro atoms. The summed E-state index contributed by atoms with van der Waals surface area (Å²) in [5.41, 5.74) is 2.83. The van der Waals surface area contributed by atoms with Crippen LogP contribution >= 0.6 is 0 Å². The van der Waals surface area contributed by atoms with Gasteiger partial charge in [0.05, 0.1) is 11.0 Å². The summed E-state index contributed by atoms with van der Waals surface area (Å²) in [5.74, 6) is 1.67. The topological polar surface area (TPSA) is 77.6 Å². The van der Waals surface area contributed by atoms with Gasteiger partial charge in [0.2, 0.25) is 5.91 Å². The lowest BCUT2D eigenvalue weighted by molar-refractivity contribution is -0.121. The molecule has 0 fully saturated rings. The Morgan fingerprint density at radius 1 is 1.11 bits per heavy atom. The van der Waals surface area contributed by atoms with E-state index < -0.39 is 0 Å². The average Bonchev–Trinajstić information content (AvgIpc) is 3.33. The zero-order valence-corrected chi connectivity index (χ0v) is 15.9. The Balaban J connectivity index is 1.49. The molecule has 0 aliphatic rings. The average molecular weight is 374 g/mol. The monoisotopic (exact) mass is 374 g/mol. The first-order valence-corrected chi connectivity index (χ1v) is 9.26. The highest BCUT2D eigenvalue weighted by atomic mass is 16.1. The van der Waals surface area contributed by atoms with Gasteiger partial charge in [0, 0.05) is 43.2 Å². The molecule has 0 aliphatic carbocycles. The van der Waals surface area contributed by atoms with Crippen LogP contribution in [0.4, 0.5) is 0 Å². The molecule has 0 radical (unpaired) electrons. The van der Waals surface area contributed by atoms with Crippen LogP contribution in [0.1, 0.15) is 30.8 Å². The molecule has 1 unspecified atom stereocenters. The fourth-order valence-corrected chi connectivity index (χ4v) is 3.40. The van der Waals surface area contributed by atoms with Crippen molar-refractivity contribution in [1.82, 2.24) is 29.4 Å². The minimum absolute atomic E-state index is 0.00843. The smallest absolute Gasteiger partial charge is 0.222 e. The Labute approximate surface area is 163 Å². The lowest BCUT2D eigenvalue weighted by Gasteiger charge is -2.15. The number of amides is 1. The van der Waals surface area contributed by atoms with E-state index in [1.165, 1.54) is 0 Å². The molecule has 0 saturated carbocycles. The van der Waals surface area contributed by atoms with Crippen LogP contribution in [-0.4, -0.2) is 30.0 Å². The van der Waals surface area contributed by atoms with Crippen molar-refractivity contribution in [1.29, 1.82) is 0 Å². The van der Waals surface area contributed by atoms with Gasteiger partial charge in [-0.3, -0.25) is 9.36 Å². The van der Waals surface area contributed by atoms with Crippen LogP contribution in [0.15, 0.2) is 61.3 Å². The van der Waals surface area contributed by atoms with E-state index in [2.05, 4.69) is 20.3 Å². The van der Waals surface area contributed by atoms with Crippen molar-refractivity contribution in [2.45, 2.75) is 32.9 Å². The third-order valence-electron chi connectivity index (χ3n) is 4.84. The van der Waals surface area contributed by atoms with Gasteiger partial charge in [0.25, 0.3) is 0 Å². The van der Waals surface area contributed by atoms with E-state index in [1.807, 2.05) is 65.6 Å². The van der Waals surface area contributed by atoms with Crippen LogP contribution < -0.4 is 5.32 Å². The van der Waals surface area contributed by atoms with Crippen molar-refractivity contribution in [2.24, 2.45) is 0 Å². The summed E-state index contributed by atoms with van der Waals surface area (Å²) in [6.07, 6.45) is 7.56. The second kappa shape index (κ2) is 7.64. The number of aryl methyl sites for hydroxylation is 1. The molecule has 4 aromatic rings. The van der Waals surface area contributed by atoms with E-state index in [0.717, 1.165) is 28.2 Å². The van der Waals surface area contributed by atoms with Gasteiger partial charge in [-0.25, -0.2) is 15.0 Å². The number of aromatic nitrogens is 5. The van der Waals surface area contributed by atoms with Crippen molar-refractivity contribution >= 4 is 16.9 Å². The largest absolute Gasteiger partial charge is 0.352 e. The van der Waals surface area contributed by atoms with Gasteiger partial charge in [-0.05, 0) is 32.0 Å². The van der Waals surface area contributed by atoms with Crippen molar-refractivity contribution in [3.63, 3.8) is 0 Å². The first-order chi connectivity index (χ1) is 13.6. The Hall–Kier alpha value is -3.48. The van der Waals surface area contributed by atoms with Gasteiger partial charge >= 0.3 is 0 Å². The van der Waals surface area contributed by atoms with Gasteiger partial charge in [-0.2, -0.15) is 0 Å². The number of benzene rings is 1. The van der Waals surface area contributed by atoms with Gasteiger partial charge in [-0.1, -0.05) is 18.2 Å². The van der Waals surface area contributed by atoms with Crippen molar-refractivity contribution in [3.8, 4) is 5.82 Å². The number of nitrogens with zero attached hydrogens (tertiary/aromatic N) is 5. The number of carbonyl (C=O) groups excluding carboxylic acids is 1. The minimum atomic E-state index is -0.00843. The van der Waals surface area contributed by atoms with Crippen molar-refractivity contribution in [2.75, 3.05) is 0 Å². The van der Waals surface area contributed by atoms with E-state index in [-0.39, 0.29) is 11.9 Å². The van der Waals surface area contributed by atoms with Gasteiger partial charge in [0.1, 0.15) is 18.0 Å². The molecule has 1 atom stereocenters. The van der Waals surface area contributed by atoms with Gasteiger partial charge < -0.3 is 9.88 Å². The molecule has 1 amide bonds. The summed E-state index contributed by atoms with van der Waals surface area (Å²) in [6.45, 7) is 4.36. The number of fused-ring (bicyclic) bond motifs is 1. The molecule has 0 aliphatic heterocycles. The number of rotatable bonds is 6. The summed E-state index contributed by atoms with van der Waals surface area (Å²) in [7, 11) is 0. The molecular formula is C21H22N6O. The van der Waals surface area contributed by atoms with Crippen molar-refractivity contribution < 1.29 is 4.79 Å². The van der Waals surface area contributed by atoms with E-state index in [0.29, 0.717) is 13.0 Å². The molecule has 4 rings (SSSR count). The molecule has 1 aromatic carbocycles. The standard InChI is InChI=1S/C21H22N6O/c1-15(26-11-10-22-16(26)2)12-20(28)24-13-17-6-5-9-23-21(17)27-14-25-18-7-3-4-8-19(18)27/h3-11,14-15H,12-13H2,1-2H3,(H,24,28). The maximum Gasteiger partial charge on any atom is 0.222 e. The fourth-order valence-electron chi connectivity index (χ4n) is 3.40. The van der Waals surface area contributed by atoms with Crippen LogP contribution in [0.3, 0.4) is 0 Å². The molecule has 1 N–H and O–H groups in total. The number of nitrogens with one attached hydrogen (secondary N) is 1. The predicted octanol–water partition coefficient (Wildman–Crippen LogP) is 3.19. The number of hydrogen-bond acceptors (Lipinski definition) is 4. The minimum Gasteiger partial charge on any atom is -0.352 e. The molecule has 3 heterocycles. The number of para-hydroxylation sites is 2. The second-order valence-electron chi connectivity index (χ2n) is 6.80. The van der Waals surface area contributed by atoms with Crippen LogP contribution in [0.5, 0.6) is 0 Å². The van der Waals surface area contributed by atoms with Crippen LogP contribution in [0.2, 0.25) is 0 Å². The summed E-state index contributed by atoms with van der Waals surface area (Å²) in [5, 5.41) is 3.02. The molecule has 3 aromatic heterocycles. The summed E-state index contributed by atoms with van der Waals surface area (Å²) in [6, 6.07) is 11.8. The zero-order valence-electron chi connectivity index (χ0n) is 15.9. The molecule has 142 valence electrons. The number of pyridine rings is 1. The molecule has 7 nitrogen and oxygen atoms in total. The molecule has 28 heavy (non-hydrogen) atoms. The van der Waals surface area contributed by atoms with E-state index in [1.54, 1.807) is 18.7 Å². The van der Waals surface area contributed by atoms with Crippen LogP contribution in [0, 0.1) is 6.92 Å². The van der Waals surface area contributed by atoms with Crippen LogP contribution in [0.25, 0.3) is 16.9 Å². The Morgan fingerprint density at radius 3 is 2.79 bits per heavy atom. The van der Waals surface area contributed by atoms with E-state index in [4.69, 9.17) is 0 Å². The number of hydrogen-bond donors (Lipinski definition) is 1. The van der Waals surface area contributed by atoms with Crippen LogP contribution in [-0.2, 0) is 11.3 Å². The highest BCUT2D eigenvalue weighted by molar-refractivity contribution is 5.78. The Morgan fingerprint density at radius 2 is 1.96 bits per heavy atom. The Bertz CT molecular complexity index is 1110. The highest BCUT2D eigenvalue weighted by Gasteiger charge is 2.14. The maximum absolute atomic E-state index is 12.5. The normalized spacial score (nSPS) is 12.2. The fraction of sp³-hybridized carbons (Fsp3) is 0.238.